The van der Waals surface area contributed by atoms with E-state index in [-0.39, 0.29) is 5.41 Å². The zero-order chi connectivity index (χ0) is 16.3. The summed E-state index contributed by atoms with van der Waals surface area (Å²) in [5.41, 5.74) is 2.33. The molecule has 1 heterocycles. The summed E-state index contributed by atoms with van der Waals surface area (Å²) in [6, 6.07) is 8.55. The fraction of sp³-hybridized carbons (Fsp3) is 0.650. The predicted octanol–water partition coefficient (Wildman–Crippen LogP) is 3.13. The highest BCUT2D eigenvalue weighted by atomic mass is 16.2. The number of piperidine rings is 1. The number of nitrogens with zero attached hydrogens (tertiary/aromatic N) is 1. The molecule has 3 rings (SSSR count). The van der Waals surface area contributed by atoms with Crippen LogP contribution in [0.1, 0.15) is 50.7 Å². The number of hydrogen-bond acceptors (Lipinski definition) is 2. The number of hydrogen-bond donors (Lipinski definition) is 1. The largest absolute Gasteiger partial charge is 0.342 e. The van der Waals surface area contributed by atoms with Crippen LogP contribution in [0.3, 0.4) is 0 Å². The summed E-state index contributed by atoms with van der Waals surface area (Å²) in [6.45, 7) is 8.30. The number of carbonyl (C=O) groups is 1. The van der Waals surface area contributed by atoms with Crippen molar-refractivity contribution in [3.05, 3.63) is 35.4 Å². The predicted molar refractivity (Wildman–Crippen MR) is 94.6 cm³/mol. The van der Waals surface area contributed by atoms with Crippen LogP contribution in [0.15, 0.2) is 24.3 Å². The molecule has 3 nitrogen and oxygen atoms in total. The van der Waals surface area contributed by atoms with Gasteiger partial charge in [-0.3, -0.25) is 4.79 Å². The number of likely N-dealkylation sites (tertiary alicyclic amines) is 1. The van der Waals surface area contributed by atoms with E-state index in [0.717, 1.165) is 64.2 Å². The lowest BCUT2D eigenvalue weighted by molar-refractivity contribution is -0.138. The Bertz CT molecular complexity index is 548. The van der Waals surface area contributed by atoms with Crippen LogP contribution in [0.5, 0.6) is 0 Å². The summed E-state index contributed by atoms with van der Waals surface area (Å²) in [7, 11) is 0. The van der Waals surface area contributed by atoms with Gasteiger partial charge >= 0.3 is 0 Å². The molecule has 0 bridgehead atoms. The summed E-state index contributed by atoms with van der Waals surface area (Å²) in [5, 5.41) is 3.44. The molecule has 1 aliphatic carbocycles. The zero-order valence-electron chi connectivity index (χ0n) is 14.6. The molecule has 23 heavy (non-hydrogen) atoms. The molecule has 2 aliphatic rings. The molecule has 0 spiro atoms. The molecule has 1 unspecified atom stereocenters. The molecule has 1 fully saturated rings. The maximum absolute atomic E-state index is 13.3. The Balaban J connectivity index is 1.69. The van der Waals surface area contributed by atoms with E-state index in [1.54, 1.807) is 0 Å². The van der Waals surface area contributed by atoms with Gasteiger partial charge in [-0.25, -0.2) is 0 Å². The maximum Gasteiger partial charge on any atom is 0.232 e. The summed E-state index contributed by atoms with van der Waals surface area (Å²) in [4.78, 5) is 15.4. The molecule has 1 N–H and O–H groups in total. The fourth-order valence-electron chi connectivity index (χ4n) is 4.30. The molecule has 0 aromatic heterocycles. The fourth-order valence-corrected chi connectivity index (χ4v) is 4.30. The molecule has 1 aromatic rings. The summed E-state index contributed by atoms with van der Waals surface area (Å²) < 4.78 is 0. The molecule has 1 atom stereocenters. The Kier molecular flexibility index (Phi) is 5.05. The molecule has 126 valence electrons. The van der Waals surface area contributed by atoms with Crippen LogP contribution in [0, 0.1) is 5.92 Å². The molecule has 1 aliphatic heterocycles. The van der Waals surface area contributed by atoms with Crippen LogP contribution < -0.4 is 5.32 Å². The van der Waals surface area contributed by atoms with Crippen LogP contribution >= 0.6 is 0 Å². The number of nitrogens with one attached hydrogen (secondary N) is 1. The maximum atomic E-state index is 13.3. The van der Waals surface area contributed by atoms with Gasteiger partial charge in [-0.05, 0) is 69.2 Å². The van der Waals surface area contributed by atoms with Crippen molar-refractivity contribution in [1.29, 1.82) is 0 Å². The second-order valence-corrected chi connectivity index (χ2v) is 7.39. The van der Waals surface area contributed by atoms with Gasteiger partial charge in [0.2, 0.25) is 5.91 Å². The van der Waals surface area contributed by atoms with E-state index in [1.807, 2.05) is 0 Å². The minimum atomic E-state index is -0.316. The van der Waals surface area contributed by atoms with Gasteiger partial charge in [0.15, 0.2) is 0 Å². The molecular weight excluding hydrogens is 284 g/mol. The average molecular weight is 314 g/mol. The number of fused-ring (bicyclic) bond motifs is 1. The second-order valence-electron chi connectivity index (χ2n) is 7.39. The SMILES string of the molecule is CCNCC1CCN(C(=O)C2(C)CCCc3ccccc32)CC1. The standard InChI is InChI=1S/C20H30N2O/c1-3-21-15-16-10-13-22(14-11-16)19(23)20(2)12-6-8-17-7-4-5-9-18(17)20/h4-5,7,9,16,21H,3,6,8,10-15H2,1-2H3. The first-order valence-corrected chi connectivity index (χ1v) is 9.23. The van der Waals surface area contributed by atoms with Crippen LogP contribution in [-0.2, 0) is 16.6 Å². The first-order chi connectivity index (χ1) is 11.1. The summed E-state index contributed by atoms with van der Waals surface area (Å²) >= 11 is 0. The highest BCUT2D eigenvalue weighted by molar-refractivity contribution is 5.88. The first-order valence-electron chi connectivity index (χ1n) is 9.23. The Labute approximate surface area is 140 Å². The number of benzene rings is 1. The van der Waals surface area contributed by atoms with E-state index in [1.165, 1.54) is 11.1 Å². The third kappa shape index (κ3) is 3.30. The van der Waals surface area contributed by atoms with E-state index in [9.17, 15) is 4.79 Å². The highest BCUT2D eigenvalue weighted by Gasteiger charge is 2.41. The van der Waals surface area contributed by atoms with Crippen molar-refractivity contribution in [3.63, 3.8) is 0 Å². The second kappa shape index (κ2) is 7.04. The summed E-state index contributed by atoms with van der Waals surface area (Å²) in [5.74, 6) is 1.08. The van der Waals surface area contributed by atoms with Gasteiger partial charge in [0.25, 0.3) is 0 Å². The van der Waals surface area contributed by atoms with E-state index in [4.69, 9.17) is 0 Å². The van der Waals surface area contributed by atoms with Gasteiger partial charge in [0.1, 0.15) is 0 Å². The van der Waals surface area contributed by atoms with Crippen molar-refractivity contribution in [2.75, 3.05) is 26.2 Å². The van der Waals surface area contributed by atoms with Gasteiger partial charge in [-0.15, -0.1) is 0 Å². The number of aryl methyl sites for hydroxylation is 1. The van der Waals surface area contributed by atoms with Crippen LogP contribution in [0.25, 0.3) is 0 Å². The van der Waals surface area contributed by atoms with E-state index in [0.29, 0.717) is 5.91 Å². The van der Waals surface area contributed by atoms with Crippen LogP contribution in [-0.4, -0.2) is 37.0 Å². The Morgan fingerprint density at radius 3 is 2.78 bits per heavy atom. The van der Waals surface area contributed by atoms with E-state index < -0.39 is 0 Å². The monoisotopic (exact) mass is 314 g/mol. The number of rotatable bonds is 4. The van der Waals surface area contributed by atoms with Crippen molar-refractivity contribution < 1.29 is 4.79 Å². The quantitative estimate of drug-likeness (QED) is 0.926. The van der Waals surface area contributed by atoms with Gasteiger partial charge in [-0.1, -0.05) is 31.2 Å². The molecule has 0 saturated carbocycles. The van der Waals surface area contributed by atoms with E-state index in [2.05, 4.69) is 48.3 Å². The number of amides is 1. The average Bonchev–Trinajstić information content (AvgIpc) is 2.60. The molecular formula is C20H30N2O. The van der Waals surface area contributed by atoms with Gasteiger partial charge in [-0.2, -0.15) is 0 Å². The van der Waals surface area contributed by atoms with E-state index >= 15 is 0 Å². The van der Waals surface area contributed by atoms with Crippen LogP contribution in [0.2, 0.25) is 0 Å². The van der Waals surface area contributed by atoms with Gasteiger partial charge < -0.3 is 10.2 Å². The Morgan fingerprint density at radius 2 is 2.04 bits per heavy atom. The molecule has 3 heteroatoms. The Morgan fingerprint density at radius 1 is 1.30 bits per heavy atom. The lowest BCUT2D eigenvalue weighted by Crippen LogP contribution is -2.50. The molecule has 1 saturated heterocycles. The smallest absolute Gasteiger partial charge is 0.232 e. The third-order valence-corrected chi connectivity index (χ3v) is 5.79. The van der Waals surface area contributed by atoms with Crippen molar-refractivity contribution >= 4 is 5.91 Å². The molecule has 0 radical (unpaired) electrons. The van der Waals surface area contributed by atoms with Crippen molar-refractivity contribution in [2.45, 2.75) is 51.4 Å². The van der Waals surface area contributed by atoms with Crippen molar-refractivity contribution in [1.82, 2.24) is 10.2 Å². The normalized spacial score (nSPS) is 25.2. The van der Waals surface area contributed by atoms with Gasteiger partial charge in [0, 0.05) is 13.1 Å². The van der Waals surface area contributed by atoms with Gasteiger partial charge in [0.05, 0.1) is 5.41 Å². The lowest BCUT2D eigenvalue weighted by atomic mass is 9.70. The zero-order valence-corrected chi connectivity index (χ0v) is 14.6. The summed E-state index contributed by atoms with van der Waals surface area (Å²) in [6.07, 6.45) is 5.49. The molecule has 1 amide bonds. The third-order valence-electron chi connectivity index (χ3n) is 5.79. The van der Waals surface area contributed by atoms with Crippen molar-refractivity contribution in [3.8, 4) is 0 Å². The Hall–Kier alpha value is -1.35. The minimum Gasteiger partial charge on any atom is -0.342 e. The lowest BCUT2D eigenvalue weighted by Gasteiger charge is -2.41. The number of carbonyl (C=O) groups excluding carboxylic acids is 1. The minimum absolute atomic E-state index is 0.316. The highest BCUT2D eigenvalue weighted by Crippen LogP contribution is 2.39. The molecule has 1 aromatic carbocycles. The first kappa shape index (κ1) is 16.5. The van der Waals surface area contributed by atoms with Crippen molar-refractivity contribution in [2.24, 2.45) is 5.92 Å². The van der Waals surface area contributed by atoms with Crippen LogP contribution in [0.4, 0.5) is 0 Å². The topological polar surface area (TPSA) is 32.3 Å².